The quantitative estimate of drug-likeness (QED) is 0.274. The molecule has 0 spiro atoms. The molecule has 1 aromatic carbocycles. The van der Waals surface area contributed by atoms with Crippen LogP contribution in [-0.2, 0) is 22.1 Å². The number of fused-ring (bicyclic) bond motifs is 1. The van der Waals surface area contributed by atoms with Crippen molar-refractivity contribution in [2.45, 2.75) is 57.4 Å². The van der Waals surface area contributed by atoms with Gasteiger partial charge in [-0.1, -0.05) is 50.0 Å². The van der Waals surface area contributed by atoms with Crippen LogP contribution >= 0.6 is 0 Å². The average Bonchev–Trinajstić information content (AvgIpc) is 3.06. The molecule has 9 nitrogen and oxygen atoms in total. The van der Waals surface area contributed by atoms with Gasteiger partial charge in [0, 0.05) is 23.5 Å². The summed E-state index contributed by atoms with van der Waals surface area (Å²) in [5, 5.41) is 25.7. The Balaban J connectivity index is 2.20. The van der Waals surface area contributed by atoms with Gasteiger partial charge in [0.2, 0.25) is 11.8 Å². The average molecular weight is 457 g/mol. The summed E-state index contributed by atoms with van der Waals surface area (Å²) in [5.74, 6) is -2.92. The van der Waals surface area contributed by atoms with E-state index in [0.717, 1.165) is 0 Å². The molecule has 2 amide bonds. The predicted octanol–water partition coefficient (Wildman–Crippen LogP) is 2.78. The number of amides is 2. The Morgan fingerprint density at radius 3 is 2.61 bits per heavy atom. The first-order valence-corrected chi connectivity index (χ1v) is 11.2. The highest BCUT2D eigenvalue weighted by atomic mass is 16.4. The number of carbonyl (C=O) groups excluding carboxylic acids is 2. The number of carboxylic acid groups (broad SMARTS) is 1. The van der Waals surface area contributed by atoms with Gasteiger partial charge in [-0.2, -0.15) is 0 Å². The van der Waals surface area contributed by atoms with Crippen molar-refractivity contribution in [2.24, 2.45) is 29.8 Å². The molecule has 2 aromatic rings. The van der Waals surface area contributed by atoms with E-state index < -0.39 is 35.2 Å². The molecule has 3 rings (SSSR count). The number of oxime groups is 1. The molecule has 1 fully saturated rings. The number of primary amides is 1. The number of nitrogens with one attached hydrogen (secondary N) is 1. The van der Waals surface area contributed by atoms with Crippen molar-refractivity contribution in [1.29, 1.82) is 0 Å². The van der Waals surface area contributed by atoms with Gasteiger partial charge in [-0.05, 0) is 31.2 Å². The zero-order valence-electron chi connectivity index (χ0n) is 19.2. The van der Waals surface area contributed by atoms with Crippen molar-refractivity contribution in [1.82, 2.24) is 9.88 Å². The molecule has 178 valence electrons. The van der Waals surface area contributed by atoms with Gasteiger partial charge in [0.05, 0.1) is 23.6 Å². The standard InChI is InChI=1S/C24H32N4O5/c1-14(2)12-15(13-26-33)27-21(29)17-9-6-7-11-24(17,23(25)32)19-16-8-4-5-10-18(16)28(3)20(19)22(30)31/h4-5,8,10,13-15,17,33H,6-7,9,11-12H2,1-3H3,(H2,25,32)(H,27,29)(H,30,31)/t15?,17-,24-/m0/s1. The molecule has 1 aromatic heterocycles. The Hall–Kier alpha value is -3.36. The van der Waals surface area contributed by atoms with Gasteiger partial charge in [-0.25, -0.2) is 4.79 Å². The number of para-hydroxylation sites is 1. The van der Waals surface area contributed by atoms with Gasteiger partial charge in [-0.3, -0.25) is 9.59 Å². The first-order chi connectivity index (χ1) is 15.6. The van der Waals surface area contributed by atoms with E-state index >= 15 is 0 Å². The first-order valence-electron chi connectivity index (χ1n) is 11.2. The molecule has 1 unspecified atom stereocenters. The van der Waals surface area contributed by atoms with Gasteiger partial charge in [0.25, 0.3) is 0 Å². The number of nitrogens with two attached hydrogens (primary N) is 1. The minimum Gasteiger partial charge on any atom is -0.477 e. The summed E-state index contributed by atoms with van der Waals surface area (Å²) in [6.07, 6.45) is 3.82. The Morgan fingerprint density at radius 1 is 1.30 bits per heavy atom. The lowest BCUT2D eigenvalue weighted by atomic mass is 9.60. The molecule has 0 radical (unpaired) electrons. The summed E-state index contributed by atoms with van der Waals surface area (Å²) in [6.45, 7) is 3.96. The molecule has 0 aliphatic heterocycles. The fourth-order valence-electron chi connectivity index (χ4n) is 5.37. The van der Waals surface area contributed by atoms with E-state index in [0.29, 0.717) is 42.1 Å². The van der Waals surface area contributed by atoms with Crippen LogP contribution in [0.4, 0.5) is 0 Å². The normalized spacial score (nSPS) is 22.0. The molecule has 1 aliphatic rings. The van der Waals surface area contributed by atoms with Crippen molar-refractivity contribution in [3.8, 4) is 0 Å². The van der Waals surface area contributed by atoms with Crippen LogP contribution in [0, 0.1) is 11.8 Å². The van der Waals surface area contributed by atoms with E-state index in [1.165, 1.54) is 6.21 Å². The van der Waals surface area contributed by atoms with Crippen molar-refractivity contribution >= 4 is 34.9 Å². The third-order valence-electron chi connectivity index (χ3n) is 6.72. The summed E-state index contributed by atoms with van der Waals surface area (Å²) in [7, 11) is 1.64. The number of benzene rings is 1. The second-order valence-corrected chi connectivity index (χ2v) is 9.25. The van der Waals surface area contributed by atoms with Crippen LogP contribution < -0.4 is 11.1 Å². The highest BCUT2D eigenvalue weighted by Crippen LogP contribution is 2.48. The molecule has 0 bridgehead atoms. The predicted molar refractivity (Wildman–Crippen MR) is 124 cm³/mol. The molecule has 3 atom stereocenters. The molecule has 1 heterocycles. The summed E-state index contributed by atoms with van der Waals surface area (Å²) in [5.41, 5.74) is 5.46. The third-order valence-corrected chi connectivity index (χ3v) is 6.72. The monoisotopic (exact) mass is 456 g/mol. The lowest BCUT2D eigenvalue weighted by molar-refractivity contribution is -0.137. The second kappa shape index (κ2) is 9.64. The van der Waals surface area contributed by atoms with Gasteiger partial charge in [0.1, 0.15) is 5.69 Å². The number of carboxylic acids is 1. The van der Waals surface area contributed by atoms with E-state index in [2.05, 4.69) is 10.5 Å². The number of hydrogen-bond donors (Lipinski definition) is 4. The maximum absolute atomic E-state index is 13.6. The molecular formula is C24H32N4O5. The van der Waals surface area contributed by atoms with Gasteiger partial charge >= 0.3 is 5.97 Å². The second-order valence-electron chi connectivity index (χ2n) is 9.25. The van der Waals surface area contributed by atoms with E-state index in [-0.39, 0.29) is 18.0 Å². The summed E-state index contributed by atoms with van der Waals surface area (Å²) < 4.78 is 1.54. The van der Waals surface area contributed by atoms with E-state index in [4.69, 9.17) is 10.9 Å². The van der Waals surface area contributed by atoms with Crippen molar-refractivity contribution in [3.63, 3.8) is 0 Å². The number of aromatic nitrogens is 1. The Bertz CT molecular complexity index is 1090. The Kier molecular flexibility index (Phi) is 7.09. The molecule has 5 N–H and O–H groups in total. The molecule has 0 saturated heterocycles. The van der Waals surface area contributed by atoms with E-state index in [9.17, 15) is 19.5 Å². The molecule has 9 heteroatoms. The fraction of sp³-hybridized carbons (Fsp3) is 0.500. The summed E-state index contributed by atoms with van der Waals surface area (Å²) >= 11 is 0. The maximum Gasteiger partial charge on any atom is 0.352 e. The van der Waals surface area contributed by atoms with Gasteiger partial charge in [-0.15, -0.1) is 0 Å². The Morgan fingerprint density at radius 2 is 2.00 bits per heavy atom. The van der Waals surface area contributed by atoms with Crippen molar-refractivity contribution < 1.29 is 24.7 Å². The Labute approximate surface area is 192 Å². The number of aromatic carboxylic acids is 1. The molecule has 1 saturated carbocycles. The first kappa shape index (κ1) is 24.3. The lowest BCUT2D eigenvalue weighted by Crippen LogP contribution is -2.56. The largest absolute Gasteiger partial charge is 0.477 e. The minimum absolute atomic E-state index is 0.0367. The van der Waals surface area contributed by atoms with Crippen LogP contribution in [0.5, 0.6) is 0 Å². The minimum atomic E-state index is -1.48. The third kappa shape index (κ3) is 4.31. The van der Waals surface area contributed by atoms with E-state index in [1.807, 2.05) is 13.8 Å². The van der Waals surface area contributed by atoms with Crippen LogP contribution in [0.15, 0.2) is 29.4 Å². The van der Waals surface area contributed by atoms with Crippen molar-refractivity contribution in [2.75, 3.05) is 0 Å². The highest BCUT2D eigenvalue weighted by molar-refractivity contribution is 6.06. The van der Waals surface area contributed by atoms with Gasteiger partial charge in [0.15, 0.2) is 0 Å². The SMILES string of the molecule is CC(C)CC(C=NO)NC(=O)[C@@H]1CCCC[C@@]1(C(N)=O)c1c(C(=O)O)n(C)c2ccccc12. The zero-order valence-corrected chi connectivity index (χ0v) is 19.2. The van der Waals surface area contributed by atoms with Crippen LogP contribution in [0.1, 0.15) is 62.0 Å². The lowest BCUT2D eigenvalue weighted by Gasteiger charge is -2.41. The van der Waals surface area contributed by atoms with Crippen LogP contribution in [-0.4, -0.2) is 44.9 Å². The fourth-order valence-corrected chi connectivity index (χ4v) is 5.37. The molecular weight excluding hydrogens is 424 g/mol. The smallest absolute Gasteiger partial charge is 0.352 e. The number of carbonyl (C=O) groups is 3. The topological polar surface area (TPSA) is 147 Å². The number of nitrogens with zero attached hydrogens (tertiary/aromatic N) is 2. The van der Waals surface area contributed by atoms with Crippen molar-refractivity contribution in [3.05, 3.63) is 35.5 Å². The van der Waals surface area contributed by atoms with E-state index in [1.54, 1.807) is 35.9 Å². The van der Waals surface area contributed by atoms with Crippen LogP contribution in [0.2, 0.25) is 0 Å². The molecule has 1 aliphatic carbocycles. The number of rotatable bonds is 8. The zero-order chi connectivity index (χ0) is 24.3. The van der Waals surface area contributed by atoms with Gasteiger partial charge < -0.3 is 25.9 Å². The number of aryl methyl sites for hydroxylation is 1. The maximum atomic E-state index is 13.6. The van der Waals surface area contributed by atoms with Crippen LogP contribution in [0.25, 0.3) is 10.9 Å². The number of hydrogen-bond acceptors (Lipinski definition) is 5. The summed E-state index contributed by atoms with van der Waals surface area (Å²) in [6, 6.07) is 6.60. The highest BCUT2D eigenvalue weighted by Gasteiger charge is 2.54. The van der Waals surface area contributed by atoms with Crippen LogP contribution in [0.3, 0.4) is 0 Å². The summed E-state index contributed by atoms with van der Waals surface area (Å²) in [4.78, 5) is 39.1. The molecule has 33 heavy (non-hydrogen) atoms.